The first-order valence-electron chi connectivity index (χ1n) is 6.28. The van der Waals surface area contributed by atoms with E-state index in [2.05, 4.69) is 13.8 Å². The first-order valence-corrected chi connectivity index (χ1v) is 6.28. The van der Waals surface area contributed by atoms with Gasteiger partial charge in [-0.25, -0.2) is 0 Å². The molecule has 0 heterocycles. The van der Waals surface area contributed by atoms with Crippen LogP contribution < -0.4 is 0 Å². The summed E-state index contributed by atoms with van der Waals surface area (Å²) in [5.74, 6) is 0.538. The molecule has 0 atom stereocenters. The molecule has 2 aromatic rings. The highest BCUT2D eigenvalue weighted by molar-refractivity contribution is 5.68. The molecule has 0 unspecified atom stereocenters. The normalized spacial score (nSPS) is 10.6. The van der Waals surface area contributed by atoms with Crippen molar-refractivity contribution >= 4 is 0 Å². The van der Waals surface area contributed by atoms with Crippen LogP contribution in [0.25, 0.3) is 11.1 Å². The Morgan fingerprint density at radius 2 is 1.06 bits per heavy atom. The van der Waals surface area contributed by atoms with Crippen LogP contribution in [0, 0.1) is 0 Å². The van der Waals surface area contributed by atoms with Crippen LogP contribution >= 0.6 is 0 Å². The minimum Gasteiger partial charge on any atom is -0.508 e. The van der Waals surface area contributed by atoms with Crippen LogP contribution in [0.15, 0.2) is 36.4 Å². The van der Waals surface area contributed by atoms with E-state index in [0.717, 1.165) is 35.1 Å². The van der Waals surface area contributed by atoms with E-state index < -0.39 is 0 Å². The van der Waals surface area contributed by atoms with Gasteiger partial charge in [-0.05, 0) is 59.4 Å². The SMILES string of the molecule is CCc1cc(O)cc(-c2cc(O)cc(CC)c2)c1. The standard InChI is InChI=1S/C16H18O2/c1-3-11-5-13(9-15(17)7-11)14-6-12(4-2)8-16(18)10-14/h5-10,17-18H,3-4H2,1-2H3. The van der Waals surface area contributed by atoms with Gasteiger partial charge in [0, 0.05) is 0 Å². The number of hydrogen-bond donors (Lipinski definition) is 2. The Kier molecular flexibility index (Phi) is 3.56. The zero-order valence-corrected chi connectivity index (χ0v) is 10.8. The summed E-state index contributed by atoms with van der Waals surface area (Å²) in [5.41, 5.74) is 4.06. The number of benzene rings is 2. The molecule has 0 aliphatic carbocycles. The molecular weight excluding hydrogens is 224 g/mol. The van der Waals surface area contributed by atoms with E-state index in [9.17, 15) is 10.2 Å². The Morgan fingerprint density at radius 3 is 1.39 bits per heavy atom. The van der Waals surface area contributed by atoms with Gasteiger partial charge in [0.05, 0.1) is 0 Å². The van der Waals surface area contributed by atoms with E-state index in [0.29, 0.717) is 0 Å². The van der Waals surface area contributed by atoms with Gasteiger partial charge in [0.1, 0.15) is 11.5 Å². The van der Waals surface area contributed by atoms with E-state index in [4.69, 9.17) is 0 Å². The fourth-order valence-electron chi connectivity index (χ4n) is 2.09. The molecule has 94 valence electrons. The highest BCUT2D eigenvalue weighted by Gasteiger charge is 2.05. The monoisotopic (exact) mass is 242 g/mol. The lowest BCUT2D eigenvalue weighted by Gasteiger charge is -2.08. The van der Waals surface area contributed by atoms with Crippen LogP contribution in [-0.2, 0) is 12.8 Å². The summed E-state index contributed by atoms with van der Waals surface area (Å²) in [6.45, 7) is 4.11. The van der Waals surface area contributed by atoms with Gasteiger partial charge < -0.3 is 10.2 Å². The third kappa shape index (κ3) is 2.65. The minimum atomic E-state index is 0.269. The largest absolute Gasteiger partial charge is 0.508 e. The Bertz CT molecular complexity index is 508. The summed E-state index contributed by atoms with van der Waals surface area (Å²) in [4.78, 5) is 0. The molecule has 0 aliphatic heterocycles. The third-order valence-corrected chi connectivity index (χ3v) is 3.10. The minimum absolute atomic E-state index is 0.269. The van der Waals surface area contributed by atoms with Crippen LogP contribution in [-0.4, -0.2) is 10.2 Å². The summed E-state index contributed by atoms with van der Waals surface area (Å²) in [6, 6.07) is 11.1. The van der Waals surface area contributed by atoms with Crippen LogP contribution in [0.1, 0.15) is 25.0 Å². The fraction of sp³-hybridized carbons (Fsp3) is 0.250. The zero-order chi connectivity index (χ0) is 13.1. The van der Waals surface area contributed by atoms with Gasteiger partial charge in [0.15, 0.2) is 0 Å². The van der Waals surface area contributed by atoms with Crippen molar-refractivity contribution in [3.05, 3.63) is 47.5 Å². The predicted octanol–water partition coefficient (Wildman–Crippen LogP) is 3.89. The molecule has 2 nitrogen and oxygen atoms in total. The first-order chi connectivity index (χ1) is 8.62. The summed E-state index contributed by atoms with van der Waals surface area (Å²) < 4.78 is 0. The Hall–Kier alpha value is -1.96. The van der Waals surface area contributed by atoms with Gasteiger partial charge in [-0.3, -0.25) is 0 Å². The van der Waals surface area contributed by atoms with E-state index in [1.54, 1.807) is 24.3 Å². The molecule has 2 N–H and O–H groups in total. The van der Waals surface area contributed by atoms with Gasteiger partial charge in [-0.2, -0.15) is 0 Å². The second-order valence-electron chi connectivity index (χ2n) is 4.48. The number of rotatable bonds is 3. The van der Waals surface area contributed by atoms with Gasteiger partial charge in [-0.15, -0.1) is 0 Å². The maximum atomic E-state index is 9.72. The number of aromatic hydroxyl groups is 2. The number of phenols is 2. The summed E-state index contributed by atoms with van der Waals surface area (Å²) >= 11 is 0. The molecule has 18 heavy (non-hydrogen) atoms. The van der Waals surface area contributed by atoms with Crippen molar-refractivity contribution in [3.8, 4) is 22.6 Å². The molecule has 0 fully saturated rings. The molecular formula is C16H18O2. The van der Waals surface area contributed by atoms with Crippen molar-refractivity contribution in [3.63, 3.8) is 0 Å². The van der Waals surface area contributed by atoms with Crippen molar-refractivity contribution < 1.29 is 10.2 Å². The molecule has 2 heteroatoms. The molecule has 0 spiro atoms. The molecule has 0 saturated heterocycles. The second kappa shape index (κ2) is 5.13. The summed E-state index contributed by atoms with van der Waals surface area (Å²) in [6.07, 6.45) is 1.75. The Labute approximate surface area is 108 Å². The van der Waals surface area contributed by atoms with Crippen LogP contribution in [0.2, 0.25) is 0 Å². The zero-order valence-electron chi connectivity index (χ0n) is 10.8. The van der Waals surface area contributed by atoms with E-state index in [1.165, 1.54) is 0 Å². The van der Waals surface area contributed by atoms with Crippen molar-refractivity contribution in [2.45, 2.75) is 26.7 Å². The Balaban J connectivity index is 2.53. The van der Waals surface area contributed by atoms with Crippen LogP contribution in [0.4, 0.5) is 0 Å². The predicted molar refractivity (Wildman–Crippen MR) is 74.0 cm³/mol. The number of aryl methyl sites for hydroxylation is 2. The maximum absolute atomic E-state index is 9.72. The fourth-order valence-corrected chi connectivity index (χ4v) is 2.09. The number of phenolic OH excluding ortho intramolecular Hbond substituents is 2. The molecule has 0 amide bonds. The van der Waals surface area contributed by atoms with Gasteiger partial charge >= 0.3 is 0 Å². The second-order valence-corrected chi connectivity index (χ2v) is 4.48. The maximum Gasteiger partial charge on any atom is 0.116 e. The highest BCUT2D eigenvalue weighted by Crippen LogP contribution is 2.29. The molecule has 0 aliphatic rings. The smallest absolute Gasteiger partial charge is 0.116 e. The number of hydrogen-bond acceptors (Lipinski definition) is 2. The van der Waals surface area contributed by atoms with Gasteiger partial charge in [-0.1, -0.05) is 26.0 Å². The molecule has 0 bridgehead atoms. The summed E-state index contributed by atoms with van der Waals surface area (Å²) in [7, 11) is 0. The third-order valence-electron chi connectivity index (χ3n) is 3.10. The van der Waals surface area contributed by atoms with E-state index >= 15 is 0 Å². The van der Waals surface area contributed by atoms with Crippen molar-refractivity contribution in [1.29, 1.82) is 0 Å². The first kappa shape index (κ1) is 12.5. The van der Waals surface area contributed by atoms with Crippen LogP contribution in [0.3, 0.4) is 0 Å². The Morgan fingerprint density at radius 1 is 0.667 bits per heavy atom. The van der Waals surface area contributed by atoms with Crippen LogP contribution in [0.5, 0.6) is 11.5 Å². The van der Waals surface area contributed by atoms with Crippen molar-refractivity contribution in [2.24, 2.45) is 0 Å². The quantitative estimate of drug-likeness (QED) is 0.857. The highest BCUT2D eigenvalue weighted by atomic mass is 16.3. The van der Waals surface area contributed by atoms with E-state index in [1.807, 2.05) is 12.1 Å². The molecule has 2 aromatic carbocycles. The molecule has 0 saturated carbocycles. The van der Waals surface area contributed by atoms with Gasteiger partial charge in [0.25, 0.3) is 0 Å². The summed E-state index contributed by atoms with van der Waals surface area (Å²) in [5, 5.41) is 19.4. The van der Waals surface area contributed by atoms with Crippen molar-refractivity contribution in [2.75, 3.05) is 0 Å². The topological polar surface area (TPSA) is 40.5 Å². The van der Waals surface area contributed by atoms with Gasteiger partial charge in [0.2, 0.25) is 0 Å². The average molecular weight is 242 g/mol. The average Bonchev–Trinajstić information content (AvgIpc) is 2.37. The lowest BCUT2D eigenvalue weighted by Crippen LogP contribution is -1.86. The molecule has 0 radical (unpaired) electrons. The molecule has 0 aromatic heterocycles. The lowest BCUT2D eigenvalue weighted by atomic mass is 9.99. The van der Waals surface area contributed by atoms with E-state index in [-0.39, 0.29) is 11.5 Å². The lowest BCUT2D eigenvalue weighted by molar-refractivity contribution is 0.473. The van der Waals surface area contributed by atoms with Crippen molar-refractivity contribution in [1.82, 2.24) is 0 Å². The molecule has 2 rings (SSSR count).